The Bertz CT molecular complexity index is 796. The van der Waals surface area contributed by atoms with E-state index in [-0.39, 0.29) is 21.9 Å². The van der Waals surface area contributed by atoms with Crippen molar-refractivity contribution >= 4 is 23.2 Å². The molecule has 1 aliphatic carbocycles. The Balaban J connectivity index is 2.07. The lowest BCUT2D eigenvalue weighted by molar-refractivity contribution is 0.0914. The van der Waals surface area contributed by atoms with Crippen LogP contribution in [0.25, 0.3) is 0 Å². The molecule has 0 bridgehead atoms. The van der Waals surface area contributed by atoms with Gasteiger partial charge in [0.15, 0.2) is 0 Å². The Kier molecular flexibility index (Phi) is 3.31. The third-order valence-electron chi connectivity index (χ3n) is 3.07. The molecule has 0 radical (unpaired) electrons. The van der Waals surface area contributed by atoms with Crippen LogP contribution >= 0.6 is 11.6 Å². The number of para-hydroxylation sites is 1. The van der Waals surface area contributed by atoms with Crippen molar-refractivity contribution in [2.45, 2.75) is 0 Å². The lowest BCUT2D eigenvalue weighted by Gasteiger charge is -2.17. The van der Waals surface area contributed by atoms with Crippen molar-refractivity contribution in [3.8, 4) is 5.75 Å². The average molecular weight is 303 g/mol. The van der Waals surface area contributed by atoms with E-state index < -0.39 is 23.2 Å². The molecule has 0 saturated carbocycles. The lowest BCUT2D eigenvalue weighted by Crippen LogP contribution is -2.23. The zero-order chi connectivity index (χ0) is 15.0. The molecular formula is C16H8ClFO3. The Morgan fingerprint density at radius 3 is 2.10 bits per heavy atom. The zero-order valence-corrected chi connectivity index (χ0v) is 11.4. The SMILES string of the molecule is O=C1C(F)=C(Oc2ccccc2Cl)C(=O)c2ccccc21. The quantitative estimate of drug-likeness (QED) is 0.843. The predicted molar refractivity (Wildman–Crippen MR) is 75.3 cm³/mol. The van der Waals surface area contributed by atoms with E-state index >= 15 is 0 Å². The van der Waals surface area contributed by atoms with Gasteiger partial charge in [-0.2, -0.15) is 4.39 Å². The van der Waals surface area contributed by atoms with E-state index in [4.69, 9.17) is 16.3 Å². The first kappa shape index (κ1) is 13.5. The van der Waals surface area contributed by atoms with Crippen LogP contribution < -0.4 is 4.74 Å². The van der Waals surface area contributed by atoms with Gasteiger partial charge in [-0.15, -0.1) is 0 Å². The maximum absolute atomic E-state index is 14.1. The molecule has 0 aliphatic heterocycles. The summed E-state index contributed by atoms with van der Waals surface area (Å²) in [5.74, 6) is -3.27. The summed E-state index contributed by atoms with van der Waals surface area (Å²) in [7, 11) is 0. The van der Waals surface area contributed by atoms with E-state index in [1.807, 2.05) is 0 Å². The number of hydrogen-bond acceptors (Lipinski definition) is 3. The first-order chi connectivity index (χ1) is 10.1. The average Bonchev–Trinajstić information content (AvgIpc) is 2.51. The summed E-state index contributed by atoms with van der Waals surface area (Å²) in [6.07, 6.45) is 0. The highest BCUT2D eigenvalue weighted by atomic mass is 35.5. The molecule has 3 rings (SSSR count). The first-order valence-corrected chi connectivity index (χ1v) is 6.48. The van der Waals surface area contributed by atoms with Gasteiger partial charge in [-0.05, 0) is 12.1 Å². The number of hydrogen-bond donors (Lipinski definition) is 0. The molecule has 1 aliphatic rings. The maximum Gasteiger partial charge on any atom is 0.232 e. The van der Waals surface area contributed by atoms with E-state index in [0.717, 1.165) is 0 Å². The second-order valence-electron chi connectivity index (χ2n) is 4.38. The van der Waals surface area contributed by atoms with Crippen molar-refractivity contribution in [2.24, 2.45) is 0 Å². The monoisotopic (exact) mass is 302 g/mol. The van der Waals surface area contributed by atoms with Crippen LogP contribution in [0.15, 0.2) is 60.1 Å². The number of carbonyl (C=O) groups is 2. The molecule has 0 aromatic heterocycles. The Hall–Kier alpha value is -2.46. The molecule has 5 heteroatoms. The topological polar surface area (TPSA) is 43.4 Å². The molecule has 0 amide bonds. The summed E-state index contributed by atoms with van der Waals surface area (Å²) in [6, 6.07) is 12.3. The number of carbonyl (C=O) groups excluding carboxylic acids is 2. The van der Waals surface area contributed by atoms with Crippen LogP contribution in [0.2, 0.25) is 5.02 Å². The Morgan fingerprint density at radius 2 is 1.43 bits per heavy atom. The minimum absolute atomic E-state index is 0.0338. The van der Waals surface area contributed by atoms with Crippen molar-refractivity contribution < 1.29 is 18.7 Å². The van der Waals surface area contributed by atoms with E-state index in [9.17, 15) is 14.0 Å². The highest BCUT2D eigenvalue weighted by Gasteiger charge is 2.34. The third kappa shape index (κ3) is 2.23. The largest absolute Gasteiger partial charge is 0.448 e. The molecule has 104 valence electrons. The number of benzene rings is 2. The summed E-state index contributed by atoms with van der Waals surface area (Å²) in [6.45, 7) is 0. The van der Waals surface area contributed by atoms with Gasteiger partial charge < -0.3 is 4.74 Å². The highest BCUT2D eigenvalue weighted by molar-refractivity contribution is 6.32. The van der Waals surface area contributed by atoms with Gasteiger partial charge in [-0.3, -0.25) is 9.59 Å². The third-order valence-corrected chi connectivity index (χ3v) is 3.38. The number of Topliss-reactive ketones (excluding diaryl/α,β-unsaturated/α-hetero) is 2. The number of allylic oxidation sites excluding steroid dienone is 2. The molecule has 0 fully saturated rings. The molecule has 0 spiro atoms. The standard InChI is InChI=1S/C16H8ClFO3/c17-11-7-3-4-8-12(11)21-16-13(18)14(19)9-5-1-2-6-10(9)15(16)20/h1-8H. The Morgan fingerprint density at radius 1 is 0.857 bits per heavy atom. The van der Waals surface area contributed by atoms with Crippen LogP contribution in [0.5, 0.6) is 5.75 Å². The molecule has 2 aromatic rings. The van der Waals surface area contributed by atoms with Crippen molar-refractivity contribution in [3.63, 3.8) is 0 Å². The fourth-order valence-electron chi connectivity index (χ4n) is 2.05. The van der Waals surface area contributed by atoms with Crippen molar-refractivity contribution in [3.05, 3.63) is 76.3 Å². The van der Waals surface area contributed by atoms with Crippen LogP contribution in [0, 0.1) is 0 Å². The summed E-state index contributed by atoms with van der Waals surface area (Å²) in [4.78, 5) is 24.2. The summed E-state index contributed by atoms with van der Waals surface area (Å²) in [5, 5.41) is 0.219. The fraction of sp³-hybridized carbons (Fsp3) is 0. The van der Waals surface area contributed by atoms with E-state index in [2.05, 4.69) is 0 Å². The van der Waals surface area contributed by atoms with Crippen molar-refractivity contribution in [1.82, 2.24) is 0 Å². The molecule has 0 heterocycles. The second-order valence-corrected chi connectivity index (χ2v) is 4.79. The maximum atomic E-state index is 14.1. The summed E-state index contributed by atoms with van der Waals surface area (Å²) in [5.41, 5.74) is 0.150. The van der Waals surface area contributed by atoms with Gasteiger partial charge in [-0.25, -0.2) is 0 Å². The highest BCUT2D eigenvalue weighted by Crippen LogP contribution is 2.31. The van der Waals surface area contributed by atoms with Crippen LogP contribution in [0.3, 0.4) is 0 Å². The minimum Gasteiger partial charge on any atom is -0.448 e. The predicted octanol–water partition coefficient (Wildman–Crippen LogP) is 3.98. The van der Waals surface area contributed by atoms with Gasteiger partial charge in [0.1, 0.15) is 5.75 Å². The molecule has 2 aromatic carbocycles. The lowest BCUT2D eigenvalue weighted by atomic mass is 9.93. The number of halogens is 2. The number of ether oxygens (including phenoxy) is 1. The van der Waals surface area contributed by atoms with E-state index in [1.165, 1.54) is 18.2 Å². The van der Waals surface area contributed by atoms with Crippen LogP contribution in [0.1, 0.15) is 20.7 Å². The zero-order valence-electron chi connectivity index (χ0n) is 10.6. The Labute approximate surface area is 124 Å². The molecule has 3 nitrogen and oxygen atoms in total. The molecule has 21 heavy (non-hydrogen) atoms. The van der Waals surface area contributed by atoms with Gasteiger partial charge in [0, 0.05) is 11.1 Å². The van der Waals surface area contributed by atoms with Crippen LogP contribution in [-0.4, -0.2) is 11.6 Å². The van der Waals surface area contributed by atoms with Crippen LogP contribution in [-0.2, 0) is 0 Å². The van der Waals surface area contributed by atoms with Gasteiger partial charge in [0.2, 0.25) is 23.2 Å². The van der Waals surface area contributed by atoms with E-state index in [0.29, 0.717) is 0 Å². The number of ketones is 2. The summed E-state index contributed by atoms with van der Waals surface area (Å²) >= 11 is 5.91. The van der Waals surface area contributed by atoms with Crippen molar-refractivity contribution in [1.29, 1.82) is 0 Å². The smallest absolute Gasteiger partial charge is 0.232 e. The first-order valence-electron chi connectivity index (χ1n) is 6.10. The second kappa shape index (κ2) is 5.14. The van der Waals surface area contributed by atoms with Gasteiger partial charge >= 0.3 is 0 Å². The van der Waals surface area contributed by atoms with Crippen molar-refractivity contribution in [2.75, 3.05) is 0 Å². The minimum atomic E-state index is -1.21. The number of rotatable bonds is 2. The normalized spacial score (nSPS) is 14.2. The fourth-order valence-corrected chi connectivity index (χ4v) is 2.23. The molecule has 0 atom stereocenters. The van der Waals surface area contributed by atoms with Gasteiger partial charge in [0.05, 0.1) is 5.02 Å². The summed E-state index contributed by atoms with van der Waals surface area (Å²) < 4.78 is 19.4. The molecule has 0 N–H and O–H groups in total. The molecule has 0 unspecified atom stereocenters. The molecule has 0 saturated heterocycles. The van der Waals surface area contributed by atoms with Gasteiger partial charge in [0.25, 0.3) is 0 Å². The van der Waals surface area contributed by atoms with Gasteiger partial charge in [-0.1, -0.05) is 48.0 Å². The van der Waals surface area contributed by atoms with Crippen LogP contribution in [0.4, 0.5) is 4.39 Å². The number of fused-ring (bicyclic) bond motifs is 1. The van der Waals surface area contributed by atoms with E-state index in [1.54, 1.807) is 30.3 Å². The molecular weight excluding hydrogens is 295 g/mol.